The molecule has 4 rings (SSSR count). The molecule has 0 unspecified atom stereocenters. The standard InChI is InChI=1S/C31H50O9S/c1-8-20-23-16-19(39-29(34)38-9-2)14-15-30(23,4)24-17-25(40-41(7,35)36)31(5)21(18(3)10-13-26(32)37-6)11-12-22(31)27(24)28(20)33/h18-25,27H,8-17H2,1-7H3/t18-,19-,20-,21-,22+,23+,24+,25+,27+,30+,31-/m1/s1. The van der Waals surface area contributed by atoms with Crippen molar-refractivity contribution in [3.63, 3.8) is 0 Å². The molecule has 11 atom stereocenters. The Morgan fingerprint density at radius 3 is 2.37 bits per heavy atom. The van der Waals surface area contributed by atoms with Gasteiger partial charge in [-0.3, -0.25) is 13.8 Å². The summed E-state index contributed by atoms with van der Waals surface area (Å²) in [6.45, 7) is 10.6. The fraction of sp³-hybridized carbons (Fsp3) is 0.903. The lowest BCUT2D eigenvalue weighted by Gasteiger charge is -2.63. The molecule has 0 bridgehead atoms. The Morgan fingerprint density at radius 2 is 1.76 bits per heavy atom. The molecule has 0 aliphatic heterocycles. The van der Waals surface area contributed by atoms with E-state index < -0.39 is 27.8 Å². The van der Waals surface area contributed by atoms with Gasteiger partial charge >= 0.3 is 12.1 Å². The summed E-state index contributed by atoms with van der Waals surface area (Å²) in [5, 5.41) is 0. The van der Waals surface area contributed by atoms with Crippen molar-refractivity contribution < 1.29 is 41.2 Å². The topological polar surface area (TPSA) is 122 Å². The highest BCUT2D eigenvalue weighted by atomic mass is 32.2. The molecule has 9 nitrogen and oxygen atoms in total. The molecule has 4 aliphatic rings. The zero-order valence-corrected chi connectivity index (χ0v) is 26.7. The van der Waals surface area contributed by atoms with Gasteiger partial charge in [0.25, 0.3) is 10.1 Å². The highest BCUT2D eigenvalue weighted by Crippen LogP contribution is 2.69. The van der Waals surface area contributed by atoms with Crippen molar-refractivity contribution in [1.29, 1.82) is 0 Å². The van der Waals surface area contributed by atoms with E-state index in [1.165, 1.54) is 7.11 Å². The van der Waals surface area contributed by atoms with Crippen LogP contribution in [0.5, 0.6) is 0 Å². The van der Waals surface area contributed by atoms with E-state index in [0.717, 1.165) is 31.9 Å². The van der Waals surface area contributed by atoms with Crippen LogP contribution in [-0.4, -0.2) is 58.5 Å². The zero-order chi connectivity index (χ0) is 30.3. The third-order valence-corrected chi connectivity index (χ3v) is 12.4. The van der Waals surface area contributed by atoms with Crippen molar-refractivity contribution in [2.24, 2.45) is 52.3 Å². The first-order chi connectivity index (χ1) is 19.2. The highest BCUT2D eigenvalue weighted by Gasteiger charge is 2.68. The predicted octanol–water partition coefficient (Wildman–Crippen LogP) is 5.55. The molecule has 0 aromatic rings. The van der Waals surface area contributed by atoms with Gasteiger partial charge in [0.05, 0.1) is 26.1 Å². The van der Waals surface area contributed by atoms with Crippen molar-refractivity contribution in [3.8, 4) is 0 Å². The minimum absolute atomic E-state index is 0.00593. The summed E-state index contributed by atoms with van der Waals surface area (Å²) in [7, 11) is -2.36. The van der Waals surface area contributed by atoms with Crippen LogP contribution in [-0.2, 0) is 38.1 Å². The lowest BCUT2D eigenvalue weighted by Crippen LogP contribution is -2.64. The number of carbonyl (C=O) groups is 3. The van der Waals surface area contributed by atoms with E-state index in [4.69, 9.17) is 18.4 Å². The Hall–Kier alpha value is -1.68. The highest BCUT2D eigenvalue weighted by molar-refractivity contribution is 7.86. The first-order valence-corrected chi connectivity index (χ1v) is 17.3. The summed E-state index contributed by atoms with van der Waals surface area (Å²) < 4.78 is 46.8. The summed E-state index contributed by atoms with van der Waals surface area (Å²) in [4.78, 5) is 38.5. The number of hydrogen-bond acceptors (Lipinski definition) is 9. The second kappa shape index (κ2) is 12.1. The van der Waals surface area contributed by atoms with Crippen molar-refractivity contribution in [1.82, 2.24) is 0 Å². The van der Waals surface area contributed by atoms with Gasteiger partial charge in [0, 0.05) is 23.7 Å². The third kappa shape index (κ3) is 5.93. The van der Waals surface area contributed by atoms with Crippen molar-refractivity contribution in [2.45, 2.75) is 105 Å². The van der Waals surface area contributed by atoms with Crippen LogP contribution in [0.15, 0.2) is 0 Å². The summed E-state index contributed by atoms with van der Waals surface area (Å²) >= 11 is 0. The first kappa shape index (κ1) is 32.2. The molecule has 10 heteroatoms. The quantitative estimate of drug-likeness (QED) is 0.248. The van der Waals surface area contributed by atoms with Crippen LogP contribution in [0.2, 0.25) is 0 Å². The molecule has 0 amide bonds. The number of carbonyl (C=O) groups excluding carboxylic acids is 3. The Balaban J connectivity index is 1.69. The number of rotatable bonds is 9. The second-order valence-electron chi connectivity index (χ2n) is 13.6. The van der Waals surface area contributed by atoms with Crippen LogP contribution in [0, 0.1) is 52.3 Å². The summed E-state index contributed by atoms with van der Waals surface area (Å²) in [5.41, 5.74) is -0.718. The summed E-state index contributed by atoms with van der Waals surface area (Å²) in [5.74, 6) is 0.0316. The van der Waals surface area contributed by atoms with Gasteiger partial charge in [-0.1, -0.05) is 27.7 Å². The molecule has 0 N–H and O–H groups in total. The van der Waals surface area contributed by atoms with Gasteiger partial charge in [0.2, 0.25) is 0 Å². The Morgan fingerprint density at radius 1 is 1.05 bits per heavy atom. The number of ketones is 1. The van der Waals surface area contributed by atoms with Crippen LogP contribution < -0.4 is 0 Å². The second-order valence-corrected chi connectivity index (χ2v) is 15.2. The normalized spacial score (nSPS) is 41.0. The predicted molar refractivity (Wildman–Crippen MR) is 152 cm³/mol. The van der Waals surface area contributed by atoms with Crippen LogP contribution >= 0.6 is 0 Å². The van der Waals surface area contributed by atoms with Gasteiger partial charge in [-0.15, -0.1) is 0 Å². The average Bonchev–Trinajstić information content (AvgIpc) is 3.26. The SMILES string of the molecule is CCOC(=O)O[C@@H]1CC[C@]2(C)[C@H]3C[C@H](OS(C)(=O)=O)[C@]4(C)[C@@H]([C@H](C)CCC(=O)OC)CC[C@H]4[C@@H]3C(=O)[C@H](CC)[C@@H]2C1. The number of Topliss-reactive ketones (excluding diaryl/α,β-unsaturated/α-hetero) is 1. The maximum absolute atomic E-state index is 14.5. The van der Waals surface area contributed by atoms with E-state index in [1.54, 1.807) is 6.92 Å². The fourth-order valence-electron chi connectivity index (χ4n) is 9.93. The lowest BCUT2D eigenvalue weighted by molar-refractivity contribution is -0.189. The smallest absolute Gasteiger partial charge is 0.469 e. The zero-order valence-electron chi connectivity index (χ0n) is 25.8. The molecule has 0 heterocycles. The minimum Gasteiger partial charge on any atom is -0.469 e. The lowest BCUT2D eigenvalue weighted by atomic mass is 9.41. The molecular weight excluding hydrogens is 548 g/mol. The number of ether oxygens (including phenoxy) is 3. The average molecular weight is 599 g/mol. The number of hydrogen-bond donors (Lipinski definition) is 0. The van der Waals surface area contributed by atoms with Gasteiger partial charge < -0.3 is 14.2 Å². The van der Waals surface area contributed by atoms with Crippen molar-refractivity contribution >= 4 is 28.0 Å². The fourth-order valence-corrected chi connectivity index (χ4v) is 10.6. The largest absolute Gasteiger partial charge is 0.508 e. The monoisotopic (exact) mass is 598 g/mol. The maximum Gasteiger partial charge on any atom is 0.508 e. The molecule has 4 saturated carbocycles. The Kier molecular flexibility index (Phi) is 9.54. The molecule has 41 heavy (non-hydrogen) atoms. The summed E-state index contributed by atoms with van der Waals surface area (Å²) in [6, 6.07) is 0. The maximum atomic E-state index is 14.5. The Labute approximate surface area is 245 Å². The molecule has 4 fully saturated rings. The van der Waals surface area contributed by atoms with Crippen LogP contribution in [0.4, 0.5) is 4.79 Å². The van der Waals surface area contributed by atoms with E-state index in [2.05, 4.69) is 27.7 Å². The van der Waals surface area contributed by atoms with Gasteiger partial charge in [0.15, 0.2) is 0 Å². The molecule has 4 aliphatic carbocycles. The molecule has 0 aromatic carbocycles. The van der Waals surface area contributed by atoms with Crippen molar-refractivity contribution in [3.05, 3.63) is 0 Å². The van der Waals surface area contributed by atoms with Crippen LogP contribution in [0.25, 0.3) is 0 Å². The molecule has 0 spiro atoms. The molecule has 0 radical (unpaired) electrons. The van der Waals surface area contributed by atoms with Gasteiger partial charge in [-0.25, -0.2) is 4.79 Å². The molecule has 0 saturated heterocycles. The van der Waals surface area contributed by atoms with Crippen LogP contribution in [0.3, 0.4) is 0 Å². The van der Waals surface area contributed by atoms with Crippen LogP contribution in [0.1, 0.15) is 92.4 Å². The Bertz CT molecular complexity index is 1100. The third-order valence-electron chi connectivity index (χ3n) is 11.8. The van der Waals surface area contributed by atoms with Gasteiger partial charge in [-0.05, 0) is 93.3 Å². The summed E-state index contributed by atoms with van der Waals surface area (Å²) in [6.07, 6.45) is 5.58. The molecule has 234 valence electrons. The molecular formula is C31H50O9S. The van der Waals surface area contributed by atoms with Gasteiger partial charge in [-0.2, -0.15) is 8.42 Å². The number of esters is 1. The molecule has 0 aromatic heterocycles. The number of methoxy groups -OCH3 is 1. The van der Waals surface area contributed by atoms with E-state index in [0.29, 0.717) is 32.1 Å². The van der Waals surface area contributed by atoms with E-state index in [9.17, 15) is 22.8 Å². The first-order valence-electron chi connectivity index (χ1n) is 15.5. The number of fused-ring (bicyclic) bond motifs is 5. The van der Waals surface area contributed by atoms with Gasteiger partial charge in [0.1, 0.15) is 11.9 Å². The van der Waals surface area contributed by atoms with E-state index in [1.807, 2.05) is 0 Å². The van der Waals surface area contributed by atoms with E-state index >= 15 is 0 Å². The van der Waals surface area contributed by atoms with E-state index in [-0.39, 0.29) is 71.3 Å². The minimum atomic E-state index is -3.75. The van der Waals surface area contributed by atoms with Crippen molar-refractivity contribution in [2.75, 3.05) is 20.0 Å².